The number of nitro benzene ring substituents is 3. The van der Waals surface area contributed by atoms with Crippen LogP contribution in [0.15, 0.2) is 84.9 Å². The summed E-state index contributed by atoms with van der Waals surface area (Å²) in [5, 5.41) is 48.8. The Morgan fingerprint density at radius 3 is 1.31 bits per heavy atom. The topological polar surface area (TPSA) is 232 Å². The van der Waals surface area contributed by atoms with Crippen molar-refractivity contribution >= 4 is 29.0 Å². The van der Waals surface area contributed by atoms with Crippen molar-refractivity contribution < 1.29 is 97.1 Å². The van der Waals surface area contributed by atoms with E-state index in [4.69, 9.17) is 14.9 Å². The lowest BCUT2D eigenvalue weighted by atomic mass is 10.1. The lowest BCUT2D eigenvalue weighted by Crippen LogP contribution is -2.09. The van der Waals surface area contributed by atoms with Crippen LogP contribution >= 0.6 is 0 Å². The number of hydrogen-bond donors (Lipinski definition) is 2. The molecular formula is C37H26F11N3O13. The van der Waals surface area contributed by atoms with E-state index >= 15 is 0 Å². The zero-order chi connectivity index (χ0) is 48.1. The SMILES string of the molecule is C.COC(=O)c1cc(F)c(F)cc1[N+](=O)[O-].COC(=O)c1cc(Oc2ccccc2C(F)(F)F)c(F)cc1[N+](=O)[O-].O=[N+]([O-])c1cc(F)c(F)cc1O.Oc1ccccc1C(F)(F)F. The predicted molar refractivity (Wildman–Crippen MR) is 195 cm³/mol. The van der Waals surface area contributed by atoms with Gasteiger partial charge in [-0.1, -0.05) is 31.7 Å². The van der Waals surface area contributed by atoms with Gasteiger partial charge < -0.3 is 24.4 Å². The molecule has 2 N–H and O–H groups in total. The molecule has 5 aromatic rings. The highest BCUT2D eigenvalue weighted by atomic mass is 19.4. The molecule has 0 fully saturated rings. The van der Waals surface area contributed by atoms with Crippen LogP contribution in [0.2, 0.25) is 0 Å². The van der Waals surface area contributed by atoms with Crippen LogP contribution in [0.4, 0.5) is 65.4 Å². The molecule has 0 radical (unpaired) electrons. The summed E-state index contributed by atoms with van der Waals surface area (Å²) in [5.41, 5.74) is -6.04. The van der Waals surface area contributed by atoms with E-state index in [-0.39, 0.29) is 7.43 Å². The zero-order valence-corrected chi connectivity index (χ0v) is 31.0. The molecular weight excluding hydrogens is 903 g/mol. The molecule has 0 aromatic heterocycles. The highest BCUT2D eigenvalue weighted by Crippen LogP contribution is 2.40. The van der Waals surface area contributed by atoms with Crippen LogP contribution in [0.3, 0.4) is 0 Å². The number of ether oxygens (including phenoxy) is 3. The summed E-state index contributed by atoms with van der Waals surface area (Å²) in [6, 6.07) is 10.8. The van der Waals surface area contributed by atoms with E-state index in [0.717, 1.165) is 44.6 Å². The third-order valence-electron chi connectivity index (χ3n) is 7.13. The fraction of sp³-hybridized carbons (Fsp3) is 0.135. The zero-order valence-electron chi connectivity index (χ0n) is 31.0. The number of esters is 2. The second kappa shape index (κ2) is 22.6. The quantitative estimate of drug-likeness (QED) is 0.0670. The first-order chi connectivity index (χ1) is 29.2. The number of phenolic OH excluding ortho intramolecular Hbond substituents is 2. The van der Waals surface area contributed by atoms with Crippen LogP contribution in [0.25, 0.3) is 0 Å². The number of para-hydroxylation sites is 2. The van der Waals surface area contributed by atoms with Gasteiger partial charge in [0, 0.05) is 12.1 Å². The molecule has 0 aliphatic heterocycles. The summed E-state index contributed by atoms with van der Waals surface area (Å²) >= 11 is 0. The van der Waals surface area contributed by atoms with Crippen molar-refractivity contribution in [2.24, 2.45) is 0 Å². The first-order valence-corrected chi connectivity index (χ1v) is 16.0. The van der Waals surface area contributed by atoms with Gasteiger partial charge in [0.15, 0.2) is 40.6 Å². The van der Waals surface area contributed by atoms with Gasteiger partial charge in [-0.05, 0) is 30.3 Å². The minimum absolute atomic E-state index is 0. The van der Waals surface area contributed by atoms with Gasteiger partial charge in [-0.2, -0.15) is 26.3 Å². The first-order valence-electron chi connectivity index (χ1n) is 16.0. The Bertz CT molecular complexity index is 2520. The number of carbonyl (C=O) groups is 2. The Morgan fingerprint density at radius 2 is 0.891 bits per heavy atom. The summed E-state index contributed by atoms with van der Waals surface area (Å²) < 4.78 is 152. The number of phenols is 2. The molecule has 0 bridgehead atoms. The smallest absolute Gasteiger partial charge is 0.419 e. The van der Waals surface area contributed by atoms with Gasteiger partial charge in [-0.15, -0.1) is 0 Å². The van der Waals surface area contributed by atoms with Crippen molar-refractivity contribution in [3.63, 3.8) is 0 Å². The fourth-order valence-corrected chi connectivity index (χ4v) is 4.30. The van der Waals surface area contributed by atoms with Gasteiger partial charge in [0.25, 0.3) is 11.4 Å². The highest BCUT2D eigenvalue weighted by Gasteiger charge is 2.35. The van der Waals surface area contributed by atoms with E-state index in [1.165, 1.54) is 18.2 Å². The van der Waals surface area contributed by atoms with Crippen LogP contribution in [-0.4, -0.2) is 51.1 Å². The molecule has 16 nitrogen and oxygen atoms in total. The Morgan fingerprint density at radius 1 is 0.516 bits per heavy atom. The van der Waals surface area contributed by atoms with Crippen LogP contribution in [0.5, 0.6) is 23.0 Å². The Balaban J connectivity index is 0.000000452. The minimum Gasteiger partial charge on any atom is -0.507 e. The molecule has 0 aliphatic rings. The van der Waals surface area contributed by atoms with Gasteiger partial charge >= 0.3 is 30.0 Å². The maximum atomic E-state index is 14.0. The summed E-state index contributed by atoms with van der Waals surface area (Å²) in [6.07, 6.45) is -9.23. The predicted octanol–water partition coefficient (Wildman–Crippen LogP) is 10.6. The molecule has 0 aliphatic carbocycles. The summed E-state index contributed by atoms with van der Waals surface area (Å²) in [5.74, 6) is -12.1. The number of rotatable bonds is 7. The standard InChI is InChI=1S/C15H9F4NO5.C8H5F2NO4.C7H5F3O.C6H3F2NO3.CH4/c1-24-14(21)8-6-13(10(16)7-11(8)20(22)23)25-12-5-3-2-4-9(12)15(17,18)19;1-15-8(12)4-2-5(9)6(10)3-7(4)11(13)14;8-7(9,10)5-3-1-2-4-6(5)11;7-3-1-5(9(11)12)6(10)2-4(3)8;/h2-7H,1H3;2-3H,1H3;1-4,11H;1-2,10H;1H4. The Labute approximate surface area is 349 Å². The van der Waals surface area contributed by atoms with E-state index < -0.39 is 130 Å². The van der Waals surface area contributed by atoms with Crippen LogP contribution in [-0.2, 0) is 21.8 Å². The first kappa shape index (κ1) is 53.9. The molecule has 344 valence electrons. The number of nitrogens with zero attached hydrogens (tertiary/aromatic N) is 3. The largest absolute Gasteiger partial charge is 0.507 e. The molecule has 0 amide bonds. The Kier molecular flexibility index (Phi) is 19.1. The molecule has 0 heterocycles. The highest BCUT2D eigenvalue weighted by molar-refractivity contribution is 5.94. The summed E-state index contributed by atoms with van der Waals surface area (Å²) in [4.78, 5) is 50.9. The second-order valence-electron chi connectivity index (χ2n) is 11.2. The lowest BCUT2D eigenvalue weighted by Gasteiger charge is -2.14. The molecule has 0 saturated heterocycles. The minimum atomic E-state index is -4.76. The number of carbonyl (C=O) groups excluding carboxylic acids is 2. The van der Waals surface area contributed by atoms with E-state index in [9.17, 15) is 88.2 Å². The third kappa shape index (κ3) is 14.5. The average molecular weight is 930 g/mol. The number of aromatic hydroxyl groups is 2. The second-order valence-corrected chi connectivity index (χ2v) is 11.2. The number of halogens is 11. The molecule has 64 heavy (non-hydrogen) atoms. The van der Waals surface area contributed by atoms with E-state index in [2.05, 4.69) is 9.47 Å². The monoisotopic (exact) mass is 929 g/mol. The molecule has 0 atom stereocenters. The molecule has 5 aromatic carbocycles. The summed E-state index contributed by atoms with van der Waals surface area (Å²) in [7, 11) is 1.92. The molecule has 0 spiro atoms. The number of methoxy groups -OCH3 is 2. The molecule has 27 heteroatoms. The lowest BCUT2D eigenvalue weighted by molar-refractivity contribution is -0.386. The van der Waals surface area contributed by atoms with E-state index in [1.54, 1.807) is 0 Å². The van der Waals surface area contributed by atoms with Gasteiger partial charge in [-0.25, -0.2) is 31.5 Å². The van der Waals surface area contributed by atoms with Gasteiger partial charge in [-0.3, -0.25) is 30.3 Å². The van der Waals surface area contributed by atoms with Crippen molar-refractivity contribution in [1.82, 2.24) is 0 Å². The number of alkyl halides is 6. The van der Waals surface area contributed by atoms with Crippen molar-refractivity contribution in [2.75, 3.05) is 14.2 Å². The van der Waals surface area contributed by atoms with Crippen molar-refractivity contribution in [2.45, 2.75) is 19.8 Å². The van der Waals surface area contributed by atoms with E-state index in [1.807, 2.05) is 0 Å². The maximum absolute atomic E-state index is 14.0. The van der Waals surface area contributed by atoms with Gasteiger partial charge in [0.05, 0.1) is 58.3 Å². The summed E-state index contributed by atoms with van der Waals surface area (Å²) in [6.45, 7) is 0. The molecule has 0 unspecified atom stereocenters. The van der Waals surface area contributed by atoms with Crippen molar-refractivity contribution in [1.29, 1.82) is 0 Å². The van der Waals surface area contributed by atoms with Gasteiger partial charge in [0.1, 0.15) is 22.6 Å². The normalized spacial score (nSPS) is 10.5. The van der Waals surface area contributed by atoms with Crippen molar-refractivity contribution in [3.05, 3.63) is 167 Å². The van der Waals surface area contributed by atoms with Crippen LogP contribution < -0.4 is 4.74 Å². The third-order valence-corrected chi connectivity index (χ3v) is 7.13. The average Bonchev–Trinajstić information content (AvgIpc) is 3.20. The van der Waals surface area contributed by atoms with Crippen LogP contribution in [0, 0.1) is 59.4 Å². The van der Waals surface area contributed by atoms with Crippen molar-refractivity contribution in [3.8, 4) is 23.0 Å². The maximum Gasteiger partial charge on any atom is 0.419 e. The Hall–Kier alpha value is -8.13. The molecule has 0 saturated carbocycles. The van der Waals surface area contributed by atoms with E-state index in [0.29, 0.717) is 36.4 Å². The number of nitro groups is 3. The number of benzene rings is 5. The van der Waals surface area contributed by atoms with Crippen LogP contribution in [0.1, 0.15) is 39.3 Å². The number of hydrogen-bond acceptors (Lipinski definition) is 13. The van der Waals surface area contributed by atoms with Gasteiger partial charge in [0.2, 0.25) is 0 Å². The fourth-order valence-electron chi connectivity index (χ4n) is 4.30. The molecule has 5 rings (SSSR count).